The van der Waals surface area contributed by atoms with E-state index in [2.05, 4.69) is 23.1 Å². The minimum Gasteiger partial charge on any atom is -0.508 e. The van der Waals surface area contributed by atoms with Crippen LogP contribution >= 0.6 is 0 Å². The van der Waals surface area contributed by atoms with Crippen LogP contribution < -0.4 is 9.64 Å². The second-order valence-corrected chi connectivity index (χ2v) is 5.76. The Morgan fingerprint density at radius 2 is 2.00 bits per heavy atom. The third-order valence-electron chi connectivity index (χ3n) is 4.57. The molecular formula is C18H19NO2. The van der Waals surface area contributed by atoms with Gasteiger partial charge in [-0.15, -0.1) is 0 Å². The van der Waals surface area contributed by atoms with Crippen LogP contribution in [0, 0.1) is 0 Å². The molecule has 0 spiro atoms. The maximum atomic E-state index is 10.1. The molecule has 0 amide bonds. The SMILES string of the molecule is Oc1cccc2c1CCC2N1CCCOc2ccccc21. The van der Waals surface area contributed by atoms with Gasteiger partial charge in [-0.25, -0.2) is 0 Å². The first-order chi connectivity index (χ1) is 10.3. The van der Waals surface area contributed by atoms with Crippen LogP contribution in [-0.2, 0) is 6.42 Å². The summed E-state index contributed by atoms with van der Waals surface area (Å²) in [5, 5.41) is 10.1. The summed E-state index contributed by atoms with van der Waals surface area (Å²) in [6.45, 7) is 1.77. The molecule has 2 aromatic rings. The molecule has 1 heterocycles. The summed E-state index contributed by atoms with van der Waals surface area (Å²) in [7, 11) is 0. The van der Waals surface area contributed by atoms with Crippen molar-refractivity contribution in [3.8, 4) is 11.5 Å². The molecule has 4 rings (SSSR count). The van der Waals surface area contributed by atoms with Crippen LogP contribution in [0.5, 0.6) is 11.5 Å². The van der Waals surface area contributed by atoms with Crippen LogP contribution in [-0.4, -0.2) is 18.3 Å². The number of phenolic OH excluding ortho intramolecular Hbond substituents is 1. The molecular weight excluding hydrogens is 262 g/mol. The Labute approximate surface area is 124 Å². The second kappa shape index (κ2) is 4.99. The van der Waals surface area contributed by atoms with Crippen molar-refractivity contribution in [1.29, 1.82) is 0 Å². The first-order valence-electron chi connectivity index (χ1n) is 7.64. The first kappa shape index (κ1) is 12.6. The summed E-state index contributed by atoms with van der Waals surface area (Å²) in [4.78, 5) is 2.45. The van der Waals surface area contributed by atoms with Crippen molar-refractivity contribution in [1.82, 2.24) is 0 Å². The van der Waals surface area contributed by atoms with Crippen LogP contribution in [0.1, 0.15) is 30.0 Å². The Hall–Kier alpha value is -2.16. The Morgan fingerprint density at radius 3 is 2.95 bits per heavy atom. The van der Waals surface area contributed by atoms with Gasteiger partial charge >= 0.3 is 0 Å². The molecule has 1 N–H and O–H groups in total. The van der Waals surface area contributed by atoms with Gasteiger partial charge in [0.25, 0.3) is 0 Å². The lowest BCUT2D eigenvalue weighted by atomic mass is 10.0. The summed E-state index contributed by atoms with van der Waals surface area (Å²) in [6, 6.07) is 14.5. The number of nitrogens with zero attached hydrogens (tertiary/aromatic N) is 1. The zero-order chi connectivity index (χ0) is 14.2. The molecule has 0 bridgehead atoms. The van der Waals surface area contributed by atoms with Gasteiger partial charge < -0.3 is 14.7 Å². The fourth-order valence-corrected chi connectivity index (χ4v) is 3.61. The first-order valence-corrected chi connectivity index (χ1v) is 7.64. The van der Waals surface area contributed by atoms with Gasteiger partial charge in [0.1, 0.15) is 11.5 Å². The monoisotopic (exact) mass is 281 g/mol. The molecule has 2 aliphatic rings. The zero-order valence-corrected chi connectivity index (χ0v) is 12.0. The highest BCUT2D eigenvalue weighted by molar-refractivity contribution is 5.61. The zero-order valence-electron chi connectivity index (χ0n) is 12.0. The molecule has 3 nitrogen and oxygen atoms in total. The predicted molar refractivity (Wildman–Crippen MR) is 83.1 cm³/mol. The Bertz CT molecular complexity index is 668. The molecule has 0 radical (unpaired) electrons. The van der Waals surface area contributed by atoms with Gasteiger partial charge in [-0.3, -0.25) is 0 Å². The van der Waals surface area contributed by atoms with Gasteiger partial charge in [-0.1, -0.05) is 24.3 Å². The third kappa shape index (κ3) is 2.04. The summed E-state index contributed by atoms with van der Waals surface area (Å²) in [6.07, 6.45) is 3.03. The second-order valence-electron chi connectivity index (χ2n) is 5.76. The van der Waals surface area contributed by atoms with Gasteiger partial charge in [0.15, 0.2) is 0 Å². The molecule has 0 aromatic heterocycles. The standard InChI is InChI=1S/C18H19NO2/c20-17-7-3-5-13-14(17)9-10-15(13)19-11-4-12-21-18-8-2-1-6-16(18)19/h1-3,5-8,15,20H,4,9-12H2. The predicted octanol–water partition coefficient (Wildman–Crippen LogP) is 3.67. The topological polar surface area (TPSA) is 32.7 Å². The highest BCUT2D eigenvalue weighted by Gasteiger charge is 2.31. The molecule has 0 fully saturated rings. The number of aromatic hydroxyl groups is 1. The van der Waals surface area contributed by atoms with Gasteiger partial charge in [0.05, 0.1) is 18.3 Å². The van der Waals surface area contributed by atoms with Crippen molar-refractivity contribution in [2.75, 3.05) is 18.1 Å². The molecule has 0 saturated carbocycles. The van der Waals surface area contributed by atoms with Gasteiger partial charge in [-0.05, 0) is 48.6 Å². The number of para-hydroxylation sites is 2. The summed E-state index contributed by atoms with van der Waals surface area (Å²) < 4.78 is 5.86. The van der Waals surface area contributed by atoms with E-state index >= 15 is 0 Å². The van der Waals surface area contributed by atoms with Crippen LogP contribution in [0.15, 0.2) is 42.5 Å². The van der Waals surface area contributed by atoms with Crippen LogP contribution in [0.2, 0.25) is 0 Å². The maximum Gasteiger partial charge on any atom is 0.142 e. The highest BCUT2D eigenvalue weighted by Crippen LogP contribution is 2.44. The number of phenols is 1. The molecule has 1 unspecified atom stereocenters. The van der Waals surface area contributed by atoms with E-state index in [9.17, 15) is 5.11 Å². The molecule has 21 heavy (non-hydrogen) atoms. The number of fused-ring (bicyclic) bond motifs is 2. The third-order valence-corrected chi connectivity index (χ3v) is 4.57. The lowest BCUT2D eigenvalue weighted by Gasteiger charge is -2.31. The van der Waals surface area contributed by atoms with E-state index in [1.54, 1.807) is 6.07 Å². The summed E-state index contributed by atoms with van der Waals surface area (Å²) in [5.41, 5.74) is 3.56. The average Bonchev–Trinajstić information content (AvgIpc) is 2.82. The highest BCUT2D eigenvalue weighted by atomic mass is 16.5. The molecule has 108 valence electrons. The van der Waals surface area contributed by atoms with Crippen molar-refractivity contribution in [2.45, 2.75) is 25.3 Å². The Kier molecular flexibility index (Phi) is 2.99. The van der Waals surface area contributed by atoms with Crippen molar-refractivity contribution in [3.63, 3.8) is 0 Å². The van der Waals surface area contributed by atoms with E-state index in [1.807, 2.05) is 18.2 Å². The van der Waals surface area contributed by atoms with Crippen LogP contribution in [0.4, 0.5) is 5.69 Å². The fourth-order valence-electron chi connectivity index (χ4n) is 3.61. The fraction of sp³-hybridized carbons (Fsp3) is 0.333. The molecule has 3 heteroatoms. The molecule has 0 saturated heterocycles. The minimum atomic E-state index is 0.343. The van der Waals surface area contributed by atoms with Gasteiger partial charge in [0.2, 0.25) is 0 Å². The molecule has 1 aliphatic heterocycles. The molecule has 1 atom stereocenters. The maximum absolute atomic E-state index is 10.1. The molecule has 1 aliphatic carbocycles. The number of hydrogen-bond donors (Lipinski definition) is 1. The number of benzene rings is 2. The lowest BCUT2D eigenvalue weighted by Crippen LogP contribution is -2.27. The number of rotatable bonds is 1. The van der Waals surface area contributed by atoms with Gasteiger partial charge in [-0.2, -0.15) is 0 Å². The van der Waals surface area contributed by atoms with Crippen molar-refractivity contribution >= 4 is 5.69 Å². The number of ether oxygens (including phenoxy) is 1. The van der Waals surface area contributed by atoms with Crippen LogP contribution in [0.3, 0.4) is 0 Å². The smallest absolute Gasteiger partial charge is 0.142 e. The van der Waals surface area contributed by atoms with Crippen molar-refractivity contribution < 1.29 is 9.84 Å². The Balaban J connectivity index is 1.77. The summed E-state index contributed by atoms with van der Waals surface area (Å²) >= 11 is 0. The number of anilines is 1. The van der Waals surface area contributed by atoms with E-state index < -0.39 is 0 Å². The van der Waals surface area contributed by atoms with Gasteiger partial charge in [0, 0.05) is 6.54 Å². The average molecular weight is 281 g/mol. The van der Waals surface area contributed by atoms with E-state index in [0.29, 0.717) is 11.8 Å². The van der Waals surface area contributed by atoms with Crippen LogP contribution in [0.25, 0.3) is 0 Å². The quantitative estimate of drug-likeness (QED) is 0.865. The molecule has 2 aromatic carbocycles. The number of hydrogen-bond acceptors (Lipinski definition) is 3. The largest absolute Gasteiger partial charge is 0.508 e. The Morgan fingerprint density at radius 1 is 1.10 bits per heavy atom. The minimum absolute atomic E-state index is 0.343. The normalized spacial score (nSPS) is 20.4. The van der Waals surface area contributed by atoms with Crippen molar-refractivity contribution in [2.24, 2.45) is 0 Å². The van der Waals surface area contributed by atoms with E-state index in [4.69, 9.17) is 4.74 Å². The van der Waals surface area contributed by atoms with Crippen molar-refractivity contribution in [3.05, 3.63) is 53.6 Å². The van der Waals surface area contributed by atoms with E-state index in [0.717, 1.165) is 43.7 Å². The van der Waals surface area contributed by atoms with E-state index in [1.165, 1.54) is 11.3 Å². The lowest BCUT2D eigenvalue weighted by molar-refractivity contribution is 0.322. The summed E-state index contributed by atoms with van der Waals surface area (Å²) in [5.74, 6) is 1.41. The van der Waals surface area contributed by atoms with E-state index in [-0.39, 0.29) is 0 Å².